The first-order chi connectivity index (χ1) is 8.54. The Morgan fingerprint density at radius 2 is 2.00 bits per heavy atom. The zero-order valence-corrected chi connectivity index (χ0v) is 11.0. The van der Waals surface area contributed by atoms with E-state index in [1.807, 2.05) is 6.08 Å². The predicted octanol–water partition coefficient (Wildman–Crippen LogP) is 2.24. The number of hydrogen-bond acceptors (Lipinski definition) is 2. The Labute approximate surface area is 109 Å². The highest BCUT2D eigenvalue weighted by molar-refractivity contribution is 6.01. The van der Waals surface area contributed by atoms with Crippen LogP contribution < -0.4 is 5.73 Å². The number of nitrogens with zero attached hydrogens (tertiary/aromatic N) is 1. The lowest BCUT2D eigenvalue weighted by molar-refractivity contribution is 0.196. The fourth-order valence-electron chi connectivity index (χ4n) is 3.03. The topological polar surface area (TPSA) is 53.1 Å². The summed E-state index contributed by atoms with van der Waals surface area (Å²) in [7, 11) is 2.14. The second-order valence-electron chi connectivity index (χ2n) is 5.17. The van der Waals surface area contributed by atoms with E-state index in [9.17, 15) is 0 Å². The molecule has 1 heterocycles. The van der Waals surface area contributed by atoms with Gasteiger partial charge in [-0.15, -0.1) is 0 Å². The van der Waals surface area contributed by atoms with Gasteiger partial charge in [-0.1, -0.05) is 31.4 Å². The lowest BCUT2D eigenvalue weighted by Crippen LogP contribution is -2.37. The molecule has 2 rings (SSSR count). The molecular formula is C15H21N3. The summed E-state index contributed by atoms with van der Waals surface area (Å²) in [4.78, 5) is 2.33. The van der Waals surface area contributed by atoms with Crippen molar-refractivity contribution in [2.75, 3.05) is 20.1 Å². The SMILES string of the molecule is C=CC1=C(C=C)C2(C=C1C(=N)N)CCN(C)CC2. The monoisotopic (exact) mass is 243 g/mol. The van der Waals surface area contributed by atoms with Gasteiger partial charge in [-0.05, 0) is 44.1 Å². The molecule has 0 amide bonds. The Bertz CT molecular complexity index is 460. The minimum absolute atomic E-state index is 0.0127. The first-order valence-electron chi connectivity index (χ1n) is 6.30. The van der Waals surface area contributed by atoms with E-state index >= 15 is 0 Å². The molecule has 1 aliphatic carbocycles. The minimum Gasteiger partial charge on any atom is -0.384 e. The van der Waals surface area contributed by atoms with Crippen LogP contribution in [-0.2, 0) is 0 Å². The molecule has 3 nitrogen and oxygen atoms in total. The van der Waals surface area contributed by atoms with Crippen molar-refractivity contribution in [1.29, 1.82) is 5.41 Å². The van der Waals surface area contributed by atoms with Gasteiger partial charge in [-0.2, -0.15) is 0 Å². The Balaban J connectivity index is 2.48. The number of piperidine rings is 1. The normalized spacial score (nSPS) is 23.1. The van der Waals surface area contributed by atoms with Crippen LogP contribution in [0.4, 0.5) is 0 Å². The Hall–Kier alpha value is -1.61. The number of rotatable bonds is 3. The van der Waals surface area contributed by atoms with Gasteiger partial charge in [-0.3, -0.25) is 5.41 Å². The highest BCUT2D eigenvalue weighted by Crippen LogP contribution is 2.48. The van der Waals surface area contributed by atoms with Crippen LogP contribution in [0.25, 0.3) is 0 Å². The predicted molar refractivity (Wildman–Crippen MR) is 76.6 cm³/mol. The van der Waals surface area contributed by atoms with Crippen molar-refractivity contribution in [3.8, 4) is 0 Å². The number of amidine groups is 1. The quantitative estimate of drug-likeness (QED) is 0.590. The number of nitrogens with one attached hydrogen (secondary N) is 1. The molecule has 3 heteroatoms. The second-order valence-corrected chi connectivity index (χ2v) is 5.17. The van der Waals surface area contributed by atoms with Gasteiger partial charge in [0.15, 0.2) is 0 Å². The number of allylic oxidation sites excluding steroid dienone is 4. The van der Waals surface area contributed by atoms with Crippen molar-refractivity contribution in [2.24, 2.45) is 11.1 Å². The van der Waals surface area contributed by atoms with E-state index in [4.69, 9.17) is 11.1 Å². The van der Waals surface area contributed by atoms with Crippen molar-refractivity contribution >= 4 is 5.84 Å². The number of hydrogen-bond donors (Lipinski definition) is 2. The van der Waals surface area contributed by atoms with E-state index in [1.54, 1.807) is 6.08 Å². The van der Waals surface area contributed by atoms with Crippen LogP contribution in [0.2, 0.25) is 0 Å². The standard InChI is InChI=1S/C15H21N3/c1-4-11-12(14(16)17)10-15(13(11)5-2)6-8-18(3)9-7-15/h4-5,10H,1-2,6-9H2,3H3,(H3,16,17). The molecular weight excluding hydrogens is 222 g/mol. The highest BCUT2D eigenvalue weighted by atomic mass is 15.1. The van der Waals surface area contributed by atoms with Crippen LogP contribution >= 0.6 is 0 Å². The summed E-state index contributed by atoms with van der Waals surface area (Å²) < 4.78 is 0. The molecule has 1 spiro atoms. The van der Waals surface area contributed by atoms with Crippen LogP contribution in [-0.4, -0.2) is 30.9 Å². The molecule has 2 aliphatic rings. The molecule has 0 aromatic rings. The third-order valence-corrected chi connectivity index (χ3v) is 4.12. The summed E-state index contributed by atoms with van der Waals surface area (Å²) in [6.45, 7) is 9.91. The third kappa shape index (κ3) is 1.85. The van der Waals surface area contributed by atoms with Gasteiger partial charge in [0.1, 0.15) is 5.84 Å². The van der Waals surface area contributed by atoms with Crippen LogP contribution in [0.5, 0.6) is 0 Å². The van der Waals surface area contributed by atoms with Crippen LogP contribution in [0.15, 0.2) is 48.1 Å². The summed E-state index contributed by atoms with van der Waals surface area (Å²) in [5, 5.41) is 7.71. The van der Waals surface area contributed by atoms with Crippen LogP contribution in [0.1, 0.15) is 12.8 Å². The third-order valence-electron chi connectivity index (χ3n) is 4.12. The smallest absolute Gasteiger partial charge is 0.123 e. The molecule has 18 heavy (non-hydrogen) atoms. The Kier molecular flexibility index (Phi) is 3.26. The molecule has 0 atom stereocenters. The van der Waals surface area contributed by atoms with Crippen molar-refractivity contribution in [1.82, 2.24) is 4.90 Å². The largest absolute Gasteiger partial charge is 0.384 e. The Morgan fingerprint density at radius 1 is 1.39 bits per heavy atom. The average Bonchev–Trinajstić information content (AvgIpc) is 2.67. The fraction of sp³-hybridized carbons (Fsp3) is 0.400. The lowest BCUT2D eigenvalue weighted by Gasteiger charge is -2.38. The van der Waals surface area contributed by atoms with Crippen molar-refractivity contribution in [3.63, 3.8) is 0 Å². The van der Waals surface area contributed by atoms with Crippen molar-refractivity contribution in [3.05, 3.63) is 48.1 Å². The van der Waals surface area contributed by atoms with Gasteiger partial charge >= 0.3 is 0 Å². The van der Waals surface area contributed by atoms with E-state index in [2.05, 4.69) is 31.2 Å². The molecule has 1 fully saturated rings. The molecule has 1 aliphatic heterocycles. The summed E-state index contributed by atoms with van der Waals surface area (Å²) in [6.07, 6.45) is 7.99. The average molecular weight is 243 g/mol. The number of nitrogens with two attached hydrogens (primary N) is 1. The second kappa shape index (κ2) is 4.58. The summed E-state index contributed by atoms with van der Waals surface area (Å²) in [5.74, 6) is 0.125. The van der Waals surface area contributed by atoms with Gasteiger partial charge in [-0.25, -0.2) is 0 Å². The molecule has 96 valence electrons. The molecule has 0 bridgehead atoms. The van der Waals surface area contributed by atoms with Crippen LogP contribution in [0, 0.1) is 10.8 Å². The van der Waals surface area contributed by atoms with Gasteiger partial charge in [0.25, 0.3) is 0 Å². The molecule has 0 aromatic carbocycles. The van der Waals surface area contributed by atoms with E-state index in [1.165, 1.54) is 5.57 Å². The fourth-order valence-corrected chi connectivity index (χ4v) is 3.03. The maximum Gasteiger partial charge on any atom is 0.123 e. The minimum atomic E-state index is 0.0127. The molecule has 0 saturated carbocycles. The first kappa shape index (κ1) is 12.8. The van der Waals surface area contributed by atoms with Gasteiger partial charge in [0.2, 0.25) is 0 Å². The highest BCUT2D eigenvalue weighted by Gasteiger charge is 2.40. The zero-order chi connectivity index (χ0) is 13.3. The molecule has 3 N–H and O–H groups in total. The lowest BCUT2D eigenvalue weighted by atomic mass is 9.74. The first-order valence-corrected chi connectivity index (χ1v) is 6.30. The van der Waals surface area contributed by atoms with Crippen molar-refractivity contribution < 1.29 is 0 Å². The van der Waals surface area contributed by atoms with E-state index in [-0.39, 0.29) is 11.3 Å². The van der Waals surface area contributed by atoms with E-state index in [0.717, 1.165) is 37.1 Å². The molecule has 0 aromatic heterocycles. The maximum atomic E-state index is 7.71. The summed E-state index contributed by atoms with van der Waals surface area (Å²) in [5.41, 5.74) is 8.70. The summed E-state index contributed by atoms with van der Waals surface area (Å²) >= 11 is 0. The van der Waals surface area contributed by atoms with E-state index < -0.39 is 0 Å². The summed E-state index contributed by atoms with van der Waals surface area (Å²) in [6, 6.07) is 0. The van der Waals surface area contributed by atoms with Gasteiger partial charge < -0.3 is 10.6 Å². The Morgan fingerprint density at radius 3 is 2.44 bits per heavy atom. The van der Waals surface area contributed by atoms with Crippen LogP contribution in [0.3, 0.4) is 0 Å². The van der Waals surface area contributed by atoms with Gasteiger partial charge in [0.05, 0.1) is 0 Å². The maximum absolute atomic E-state index is 7.71. The molecule has 0 radical (unpaired) electrons. The number of likely N-dealkylation sites (tertiary alicyclic amines) is 1. The molecule has 1 saturated heterocycles. The zero-order valence-electron chi connectivity index (χ0n) is 11.0. The van der Waals surface area contributed by atoms with E-state index in [0.29, 0.717) is 0 Å². The molecule has 0 unspecified atom stereocenters. The van der Waals surface area contributed by atoms with Gasteiger partial charge in [0, 0.05) is 11.0 Å². The van der Waals surface area contributed by atoms with Crippen molar-refractivity contribution in [2.45, 2.75) is 12.8 Å².